The number of ether oxygens (including phenoxy) is 4. The molecule has 0 spiro atoms. The van der Waals surface area contributed by atoms with Gasteiger partial charge in [-0.1, -0.05) is 12.1 Å². The molecule has 1 amide bonds. The topological polar surface area (TPSA) is 122 Å². The van der Waals surface area contributed by atoms with Crippen LogP contribution in [0.1, 0.15) is 24.1 Å². The Morgan fingerprint density at radius 3 is 2.66 bits per heavy atom. The number of pyridine rings is 1. The molecule has 15 heteroatoms. The molecule has 0 saturated carbocycles. The van der Waals surface area contributed by atoms with Crippen molar-refractivity contribution < 1.29 is 45.9 Å². The summed E-state index contributed by atoms with van der Waals surface area (Å²) >= 11 is 0. The van der Waals surface area contributed by atoms with Gasteiger partial charge in [-0.05, 0) is 25.1 Å². The number of hydrogen-bond donors (Lipinski definition) is 0. The molecular weight excluding hydrogens is 569 g/mol. The normalized spacial score (nSPS) is 15.0. The maximum atomic E-state index is 13.5. The summed E-state index contributed by atoms with van der Waals surface area (Å²) in [6.45, 7) is 0.923. The van der Waals surface area contributed by atoms with Crippen molar-refractivity contribution >= 4 is 34.0 Å². The first-order valence-electron chi connectivity index (χ1n) is 12.7. The van der Waals surface area contributed by atoms with E-state index in [4.69, 9.17) is 18.9 Å². The lowest BCUT2D eigenvalue weighted by molar-refractivity contribution is -0.153. The smallest absolute Gasteiger partial charge is 0.484 e. The Morgan fingerprint density at radius 1 is 1.20 bits per heavy atom. The van der Waals surface area contributed by atoms with Gasteiger partial charge in [0.15, 0.2) is 6.61 Å². The molecule has 0 bridgehead atoms. The number of imidazole rings is 1. The quantitative estimate of drug-likeness (QED) is 0.333. The Kier molecular flexibility index (Phi) is 9.81. The van der Waals surface area contributed by atoms with E-state index in [0.717, 1.165) is 0 Å². The van der Waals surface area contributed by atoms with Crippen LogP contribution in [-0.2, 0) is 30.8 Å². The molecule has 1 aliphatic heterocycles. The summed E-state index contributed by atoms with van der Waals surface area (Å²) < 4.78 is 73.1. The standard InChI is InChI=1S/C26H29F3N4O7S/c1-17-20(30-10-7-22(17)39-16-26(27,28)29)15-41(36)23-31-19-5-3-4-6-21(19)33(23)24(34)32(2)11-14-38-25(35)40-18-8-12-37-13-9-18/h3-7,10,18H,8-9,11-16H2,1-2H3/t41-/m0/s1. The van der Waals surface area contributed by atoms with Gasteiger partial charge in [-0.2, -0.15) is 13.2 Å². The summed E-state index contributed by atoms with van der Waals surface area (Å²) in [5.41, 5.74) is 1.35. The lowest BCUT2D eigenvalue weighted by Crippen LogP contribution is -2.35. The first kappa shape index (κ1) is 30.2. The zero-order chi connectivity index (χ0) is 29.6. The summed E-state index contributed by atoms with van der Waals surface area (Å²) in [5, 5.41) is -0.0642. The van der Waals surface area contributed by atoms with E-state index in [-0.39, 0.29) is 41.6 Å². The zero-order valence-corrected chi connectivity index (χ0v) is 23.2. The van der Waals surface area contributed by atoms with Crippen LogP contribution in [0.25, 0.3) is 11.0 Å². The summed E-state index contributed by atoms with van der Waals surface area (Å²) in [6.07, 6.45) is -3.20. The molecule has 41 heavy (non-hydrogen) atoms. The van der Waals surface area contributed by atoms with E-state index in [0.29, 0.717) is 42.7 Å². The zero-order valence-electron chi connectivity index (χ0n) is 22.4. The molecule has 4 rings (SSSR count). The molecule has 1 fully saturated rings. The van der Waals surface area contributed by atoms with Gasteiger partial charge in [0, 0.05) is 31.6 Å². The van der Waals surface area contributed by atoms with Crippen LogP contribution in [-0.4, -0.2) is 88.1 Å². The Morgan fingerprint density at radius 2 is 1.93 bits per heavy atom. The third-order valence-corrected chi connectivity index (χ3v) is 7.46. The predicted octanol–water partition coefficient (Wildman–Crippen LogP) is 4.22. The van der Waals surface area contributed by atoms with Crippen molar-refractivity contribution in [2.75, 3.05) is 40.0 Å². The molecule has 1 saturated heterocycles. The van der Waals surface area contributed by atoms with E-state index in [1.165, 1.54) is 35.7 Å². The van der Waals surface area contributed by atoms with Gasteiger partial charge in [0.1, 0.15) is 18.5 Å². The van der Waals surface area contributed by atoms with Crippen LogP contribution in [0.4, 0.5) is 22.8 Å². The molecule has 11 nitrogen and oxygen atoms in total. The van der Waals surface area contributed by atoms with Crippen molar-refractivity contribution in [3.05, 3.63) is 47.8 Å². The maximum Gasteiger partial charge on any atom is 0.508 e. The van der Waals surface area contributed by atoms with E-state index in [1.54, 1.807) is 24.3 Å². The van der Waals surface area contributed by atoms with Crippen molar-refractivity contribution in [1.29, 1.82) is 0 Å². The van der Waals surface area contributed by atoms with Crippen LogP contribution in [0.2, 0.25) is 0 Å². The Hall–Kier alpha value is -3.72. The fraction of sp³-hybridized carbons (Fsp3) is 0.462. The van der Waals surface area contributed by atoms with Gasteiger partial charge < -0.3 is 23.8 Å². The van der Waals surface area contributed by atoms with Gasteiger partial charge in [0.25, 0.3) is 0 Å². The predicted molar refractivity (Wildman–Crippen MR) is 140 cm³/mol. The minimum atomic E-state index is -4.52. The fourth-order valence-corrected chi connectivity index (χ4v) is 5.30. The van der Waals surface area contributed by atoms with Crippen LogP contribution < -0.4 is 4.74 Å². The summed E-state index contributed by atoms with van der Waals surface area (Å²) in [5.74, 6) is -0.264. The maximum absolute atomic E-state index is 13.5. The third-order valence-electron chi connectivity index (χ3n) is 6.25. The lowest BCUT2D eigenvalue weighted by Gasteiger charge is -2.22. The minimum Gasteiger partial charge on any atom is -0.484 e. The van der Waals surface area contributed by atoms with Crippen LogP contribution in [0.5, 0.6) is 5.75 Å². The molecule has 0 N–H and O–H groups in total. The molecule has 1 aromatic carbocycles. The highest BCUT2D eigenvalue weighted by Gasteiger charge is 2.29. The number of para-hydroxylation sites is 2. The van der Waals surface area contributed by atoms with E-state index in [1.807, 2.05) is 0 Å². The number of rotatable bonds is 9. The van der Waals surface area contributed by atoms with Gasteiger partial charge in [-0.25, -0.2) is 19.1 Å². The second kappa shape index (κ2) is 13.3. The Labute approximate surface area is 236 Å². The number of carbonyl (C=O) groups is 2. The van der Waals surface area contributed by atoms with Crippen LogP contribution in [0, 0.1) is 6.92 Å². The van der Waals surface area contributed by atoms with Crippen LogP contribution >= 0.6 is 0 Å². The van der Waals surface area contributed by atoms with E-state index in [9.17, 15) is 27.0 Å². The molecular formula is C26H29F3N4O7S. The summed E-state index contributed by atoms with van der Waals surface area (Å²) in [4.78, 5) is 35.3. The first-order chi connectivity index (χ1) is 19.5. The lowest BCUT2D eigenvalue weighted by atomic mass is 10.2. The van der Waals surface area contributed by atoms with Gasteiger partial charge in [0.05, 0.1) is 53.0 Å². The number of benzene rings is 1. The number of likely N-dealkylation sites (N-methyl/N-ethyl adjacent to an activating group) is 1. The number of nitrogens with zero attached hydrogens (tertiary/aromatic N) is 4. The molecule has 1 aliphatic rings. The minimum absolute atomic E-state index is 0.0134. The number of aromatic nitrogens is 3. The van der Waals surface area contributed by atoms with Crippen molar-refractivity contribution in [2.45, 2.75) is 43.0 Å². The van der Waals surface area contributed by atoms with E-state index >= 15 is 0 Å². The highest BCUT2D eigenvalue weighted by molar-refractivity contribution is 7.84. The third kappa shape index (κ3) is 7.94. The van der Waals surface area contributed by atoms with Crippen molar-refractivity contribution in [1.82, 2.24) is 19.4 Å². The largest absolute Gasteiger partial charge is 0.508 e. The highest BCUT2D eigenvalue weighted by Crippen LogP contribution is 2.26. The number of hydrogen-bond acceptors (Lipinski definition) is 9. The molecule has 0 radical (unpaired) electrons. The number of alkyl halides is 3. The fourth-order valence-electron chi connectivity index (χ4n) is 4.05. The average Bonchev–Trinajstić information content (AvgIpc) is 3.33. The molecule has 1 atom stereocenters. The highest BCUT2D eigenvalue weighted by atomic mass is 32.2. The second-order valence-electron chi connectivity index (χ2n) is 9.23. The first-order valence-corrected chi connectivity index (χ1v) is 14.0. The molecule has 222 valence electrons. The van der Waals surface area contributed by atoms with E-state index in [2.05, 4.69) is 9.97 Å². The molecule has 3 heterocycles. The van der Waals surface area contributed by atoms with Crippen LogP contribution in [0.15, 0.2) is 41.7 Å². The van der Waals surface area contributed by atoms with Crippen molar-refractivity contribution in [3.63, 3.8) is 0 Å². The van der Waals surface area contributed by atoms with Gasteiger partial charge in [-0.3, -0.25) is 9.19 Å². The monoisotopic (exact) mass is 598 g/mol. The molecule has 0 aliphatic carbocycles. The van der Waals surface area contributed by atoms with E-state index < -0.39 is 35.8 Å². The molecule has 3 aromatic rings. The Balaban J connectivity index is 1.46. The van der Waals surface area contributed by atoms with Gasteiger partial charge in [-0.15, -0.1) is 0 Å². The number of carbonyl (C=O) groups excluding carboxylic acids is 2. The van der Waals surface area contributed by atoms with Crippen LogP contribution in [0.3, 0.4) is 0 Å². The van der Waals surface area contributed by atoms with Gasteiger partial charge in [0.2, 0.25) is 5.16 Å². The van der Waals surface area contributed by atoms with Crippen molar-refractivity contribution in [2.24, 2.45) is 0 Å². The Bertz CT molecular complexity index is 1410. The summed E-state index contributed by atoms with van der Waals surface area (Å²) in [6, 6.07) is 7.43. The molecule has 0 unspecified atom stereocenters. The second-order valence-corrected chi connectivity index (χ2v) is 10.6. The number of fused-ring (bicyclic) bond motifs is 1. The molecule has 2 aromatic heterocycles. The van der Waals surface area contributed by atoms with Gasteiger partial charge >= 0.3 is 18.4 Å². The summed E-state index contributed by atoms with van der Waals surface area (Å²) in [7, 11) is -0.434. The number of halogens is 3. The SMILES string of the molecule is Cc1c(OCC(F)(F)F)ccnc1C[S@](=O)c1nc2ccccc2n1C(=O)N(C)CCOC(=O)OC1CCOCC1. The number of amides is 1. The average molecular weight is 599 g/mol. The van der Waals surface area contributed by atoms with Crippen molar-refractivity contribution in [3.8, 4) is 5.75 Å².